The summed E-state index contributed by atoms with van der Waals surface area (Å²) >= 11 is 0. The number of halogens is 3. The molecule has 136 valence electrons. The van der Waals surface area contributed by atoms with Gasteiger partial charge in [-0.15, -0.1) is 0 Å². The summed E-state index contributed by atoms with van der Waals surface area (Å²) in [5.41, 5.74) is 0.957. The molecule has 0 aromatic carbocycles. The summed E-state index contributed by atoms with van der Waals surface area (Å²) in [5, 5.41) is 12.4. The minimum Gasteiger partial charge on any atom is -0.389 e. The highest BCUT2D eigenvalue weighted by atomic mass is 19.4. The maximum Gasteiger partial charge on any atom is 0.433 e. The van der Waals surface area contributed by atoms with Crippen molar-refractivity contribution in [1.82, 2.24) is 15.0 Å². The van der Waals surface area contributed by atoms with Crippen molar-refractivity contribution in [2.24, 2.45) is 0 Å². The van der Waals surface area contributed by atoms with Gasteiger partial charge in [-0.3, -0.25) is 4.98 Å². The zero-order chi connectivity index (χ0) is 18.8. The third kappa shape index (κ3) is 4.79. The third-order valence-electron chi connectivity index (χ3n) is 3.52. The van der Waals surface area contributed by atoms with Crippen molar-refractivity contribution < 1.29 is 18.3 Å². The van der Waals surface area contributed by atoms with Crippen LogP contribution in [0.4, 0.5) is 24.9 Å². The quantitative estimate of drug-likeness (QED) is 0.859. The normalized spacial score (nSPS) is 12.8. The lowest BCUT2D eigenvalue weighted by Crippen LogP contribution is -2.17. The molecule has 0 saturated heterocycles. The van der Waals surface area contributed by atoms with E-state index in [0.29, 0.717) is 17.0 Å². The Morgan fingerprint density at radius 2 is 1.88 bits per heavy atom. The van der Waals surface area contributed by atoms with Gasteiger partial charge >= 0.3 is 6.18 Å². The Bertz CT molecular complexity index is 747. The fraction of sp³-hybridized carbons (Fsp3) is 0.438. The molecule has 0 aliphatic rings. The fourth-order valence-electron chi connectivity index (χ4n) is 2.22. The van der Waals surface area contributed by atoms with E-state index in [1.165, 1.54) is 4.90 Å². The van der Waals surface area contributed by atoms with Crippen LogP contribution in [0.2, 0.25) is 0 Å². The van der Waals surface area contributed by atoms with Gasteiger partial charge in [0, 0.05) is 31.4 Å². The predicted octanol–water partition coefficient (Wildman–Crippen LogP) is 2.93. The van der Waals surface area contributed by atoms with Crippen LogP contribution in [0, 0.1) is 6.92 Å². The molecule has 0 aliphatic carbocycles. The molecule has 2 N–H and O–H groups in total. The molecule has 2 aromatic heterocycles. The van der Waals surface area contributed by atoms with E-state index in [2.05, 4.69) is 20.3 Å². The highest BCUT2D eigenvalue weighted by molar-refractivity contribution is 5.44. The molecule has 0 fully saturated rings. The molecule has 0 amide bonds. The highest BCUT2D eigenvalue weighted by Gasteiger charge is 2.34. The second kappa shape index (κ2) is 7.22. The number of hydrogen-bond acceptors (Lipinski definition) is 6. The van der Waals surface area contributed by atoms with Crippen LogP contribution in [-0.2, 0) is 12.7 Å². The van der Waals surface area contributed by atoms with Crippen molar-refractivity contribution in [2.75, 3.05) is 24.3 Å². The average molecular weight is 355 g/mol. The lowest BCUT2D eigenvalue weighted by atomic mass is 10.1. The van der Waals surface area contributed by atoms with Crippen molar-refractivity contribution >= 4 is 11.8 Å². The Hall–Kier alpha value is -2.42. The molecule has 0 unspecified atom stereocenters. The Kier molecular flexibility index (Phi) is 5.46. The molecule has 0 saturated carbocycles. The van der Waals surface area contributed by atoms with Crippen LogP contribution in [-0.4, -0.2) is 34.2 Å². The molecule has 1 atom stereocenters. The number of nitrogens with zero attached hydrogens (tertiary/aromatic N) is 4. The van der Waals surface area contributed by atoms with Gasteiger partial charge in [0.1, 0.15) is 5.82 Å². The van der Waals surface area contributed by atoms with Gasteiger partial charge < -0.3 is 15.3 Å². The number of alkyl halides is 3. The van der Waals surface area contributed by atoms with Crippen LogP contribution >= 0.6 is 0 Å². The number of aliphatic hydroxyl groups excluding tert-OH is 1. The van der Waals surface area contributed by atoms with E-state index >= 15 is 0 Å². The number of hydrogen-bond donors (Lipinski definition) is 2. The van der Waals surface area contributed by atoms with Crippen molar-refractivity contribution in [3.8, 4) is 0 Å². The van der Waals surface area contributed by atoms with Crippen molar-refractivity contribution in [3.05, 3.63) is 40.8 Å². The maximum atomic E-state index is 13.0. The molecule has 25 heavy (non-hydrogen) atoms. The summed E-state index contributed by atoms with van der Waals surface area (Å²) in [7, 11) is 3.21. The van der Waals surface area contributed by atoms with E-state index in [4.69, 9.17) is 0 Å². The summed E-state index contributed by atoms with van der Waals surface area (Å²) in [6.45, 7) is 3.56. The first-order valence-corrected chi connectivity index (χ1v) is 7.60. The van der Waals surface area contributed by atoms with Crippen LogP contribution in [0.3, 0.4) is 0 Å². The van der Waals surface area contributed by atoms with E-state index in [9.17, 15) is 18.3 Å². The first-order valence-electron chi connectivity index (χ1n) is 7.60. The van der Waals surface area contributed by atoms with Gasteiger partial charge in [-0.25, -0.2) is 4.98 Å². The van der Waals surface area contributed by atoms with Gasteiger partial charge in [0.25, 0.3) is 0 Å². The second-order valence-electron chi connectivity index (χ2n) is 5.83. The molecule has 2 heterocycles. The Morgan fingerprint density at radius 1 is 1.20 bits per heavy atom. The van der Waals surface area contributed by atoms with E-state index in [0.717, 1.165) is 6.07 Å². The number of anilines is 2. The third-order valence-corrected chi connectivity index (χ3v) is 3.52. The lowest BCUT2D eigenvalue weighted by molar-refractivity contribution is -0.141. The average Bonchev–Trinajstić information content (AvgIpc) is 2.51. The number of pyridine rings is 1. The Balaban J connectivity index is 2.22. The minimum atomic E-state index is -4.56. The first-order chi connectivity index (χ1) is 11.6. The van der Waals surface area contributed by atoms with E-state index in [1.807, 2.05) is 0 Å². The smallest absolute Gasteiger partial charge is 0.389 e. The molecule has 6 nitrogen and oxygen atoms in total. The van der Waals surface area contributed by atoms with Crippen molar-refractivity contribution in [2.45, 2.75) is 32.7 Å². The molecule has 0 spiro atoms. The van der Waals surface area contributed by atoms with E-state index < -0.39 is 18.0 Å². The molecular weight excluding hydrogens is 335 g/mol. The summed E-state index contributed by atoms with van der Waals surface area (Å²) in [4.78, 5) is 13.4. The first kappa shape index (κ1) is 18.9. The van der Waals surface area contributed by atoms with E-state index in [-0.39, 0.29) is 18.3 Å². The van der Waals surface area contributed by atoms with Crippen LogP contribution in [0.25, 0.3) is 0 Å². The van der Waals surface area contributed by atoms with Gasteiger partial charge in [-0.2, -0.15) is 18.2 Å². The van der Waals surface area contributed by atoms with Gasteiger partial charge in [0.2, 0.25) is 5.95 Å². The van der Waals surface area contributed by atoms with Gasteiger partial charge in [0.05, 0.1) is 18.3 Å². The number of nitrogens with one attached hydrogen (secondary N) is 1. The fourth-order valence-corrected chi connectivity index (χ4v) is 2.22. The summed E-state index contributed by atoms with van der Waals surface area (Å²) in [5.74, 6) is 0.0241. The lowest BCUT2D eigenvalue weighted by Gasteiger charge is -2.16. The van der Waals surface area contributed by atoms with Gasteiger partial charge in [-0.05, 0) is 19.9 Å². The van der Waals surface area contributed by atoms with Crippen molar-refractivity contribution in [1.29, 1.82) is 0 Å². The molecule has 0 radical (unpaired) electrons. The van der Waals surface area contributed by atoms with Crippen LogP contribution in [0.15, 0.2) is 18.2 Å². The number of aromatic nitrogens is 3. The summed E-state index contributed by atoms with van der Waals surface area (Å²) < 4.78 is 38.9. The molecule has 0 bridgehead atoms. The van der Waals surface area contributed by atoms with E-state index in [1.54, 1.807) is 40.1 Å². The number of aryl methyl sites for hydroxylation is 1. The Morgan fingerprint density at radius 3 is 2.40 bits per heavy atom. The van der Waals surface area contributed by atoms with Gasteiger partial charge in [-0.1, -0.05) is 6.07 Å². The molecule has 9 heteroatoms. The Labute approximate surface area is 143 Å². The zero-order valence-electron chi connectivity index (χ0n) is 14.4. The standard InChI is InChI=1S/C16H20F3N5O/c1-9-12(10(2)25)6-5-11(21-9)8-20-15-22-13(16(17,18)19)7-14(23-15)24(3)4/h5-7,10,25H,8H2,1-4H3,(H,20,22,23)/t10-/m1/s1. The number of aliphatic hydroxyl groups is 1. The zero-order valence-corrected chi connectivity index (χ0v) is 14.4. The number of rotatable bonds is 5. The van der Waals surface area contributed by atoms with Crippen molar-refractivity contribution in [3.63, 3.8) is 0 Å². The largest absolute Gasteiger partial charge is 0.433 e. The predicted molar refractivity (Wildman–Crippen MR) is 88.3 cm³/mol. The van der Waals surface area contributed by atoms with Crippen LogP contribution in [0.1, 0.15) is 35.7 Å². The minimum absolute atomic E-state index is 0.127. The highest BCUT2D eigenvalue weighted by Crippen LogP contribution is 2.30. The topological polar surface area (TPSA) is 74.2 Å². The molecule has 0 aliphatic heterocycles. The van der Waals surface area contributed by atoms with Gasteiger partial charge in [0.15, 0.2) is 5.69 Å². The summed E-state index contributed by atoms with van der Waals surface area (Å²) in [6.07, 6.45) is -5.19. The second-order valence-corrected chi connectivity index (χ2v) is 5.83. The molecular formula is C16H20F3N5O. The summed E-state index contributed by atoms with van der Waals surface area (Å²) in [6, 6.07) is 4.33. The van der Waals surface area contributed by atoms with Crippen LogP contribution in [0.5, 0.6) is 0 Å². The maximum absolute atomic E-state index is 13.0. The SMILES string of the molecule is Cc1nc(CNc2nc(N(C)C)cc(C(F)(F)F)n2)ccc1[C@@H](C)O. The monoisotopic (exact) mass is 355 g/mol. The van der Waals surface area contributed by atoms with Crippen LogP contribution < -0.4 is 10.2 Å². The molecule has 2 rings (SSSR count). The molecule has 2 aromatic rings.